The zero-order valence-electron chi connectivity index (χ0n) is 16.4. The molecule has 1 heterocycles. The van der Waals surface area contributed by atoms with Crippen molar-refractivity contribution in [1.29, 1.82) is 0 Å². The van der Waals surface area contributed by atoms with Gasteiger partial charge in [0.1, 0.15) is 19.4 Å². The van der Waals surface area contributed by atoms with Crippen LogP contribution in [0.5, 0.6) is 0 Å². The molecule has 0 aliphatic rings. The van der Waals surface area contributed by atoms with Gasteiger partial charge in [0, 0.05) is 22.5 Å². The van der Waals surface area contributed by atoms with Crippen molar-refractivity contribution in [3.8, 4) is 11.5 Å². The molecule has 2 rings (SSSR count). The first-order valence-electron chi connectivity index (χ1n) is 8.59. The van der Waals surface area contributed by atoms with Gasteiger partial charge in [-0.3, -0.25) is 14.9 Å². The van der Waals surface area contributed by atoms with Gasteiger partial charge in [0.05, 0.1) is 0 Å². The number of alkyl carbamates (subject to hydrolysis) is 1. The van der Waals surface area contributed by atoms with E-state index in [4.69, 9.17) is 4.74 Å². The molecule has 0 atom stereocenters. The number of hydrogen-bond acceptors (Lipinski definition) is 4. The zero-order chi connectivity index (χ0) is 20.4. The smallest absolute Gasteiger partial charge is 0.414 e. The fourth-order valence-electron chi connectivity index (χ4n) is 2.17. The van der Waals surface area contributed by atoms with Crippen molar-refractivity contribution in [3.05, 3.63) is 45.7 Å². The van der Waals surface area contributed by atoms with Crippen LogP contribution in [0.25, 0.3) is 10.9 Å². The van der Waals surface area contributed by atoms with E-state index in [2.05, 4.69) is 41.4 Å². The first-order chi connectivity index (χ1) is 12.3. The topological polar surface area (TPSA) is 88.3 Å². The predicted molar refractivity (Wildman–Crippen MR) is 108 cm³/mol. The van der Waals surface area contributed by atoms with Crippen molar-refractivity contribution in [2.24, 2.45) is 0 Å². The van der Waals surface area contributed by atoms with E-state index in [-0.39, 0.29) is 11.1 Å². The molecule has 2 amide bonds. The molecule has 0 aliphatic heterocycles. The highest BCUT2D eigenvalue weighted by Crippen LogP contribution is 2.12. The molecule has 0 spiro atoms. The van der Waals surface area contributed by atoms with Crippen LogP contribution in [0, 0.1) is 11.5 Å². The molecule has 6 nitrogen and oxygen atoms in total. The van der Waals surface area contributed by atoms with Crippen molar-refractivity contribution in [3.63, 3.8) is 0 Å². The van der Waals surface area contributed by atoms with Crippen molar-refractivity contribution in [2.75, 3.05) is 0 Å². The Hall–Kier alpha value is -2.85. The Balaban J connectivity index is 2.31. The number of carbonyl (C=O) groups excluding carboxylic acids is 2. The molecular formula is C20H24N2O4Si. The molecule has 2 N–H and O–H groups in total. The van der Waals surface area contributed by atoms with E-state index in [9.17, 15) is 14.4 Å². The first kappa shape index (κ1) is 20.5. The third-order valence-corrected chi connectivity index (χ3v) is 4.15. The molecule has 0 radical (unpaired) electrons. The molecule has 0 unspecified atom stereocenters. The molecule has 2 aromatic rings. The number of H-pyrrole nitrogens is 1. The Bertz CT molecular complexity index is 1010. The Morgan fingerprint density at radius 2 is 1.81 bits per heavy atom. The lowest BCUT2D eigenvalue weighted by Gasteiger charge is -2.19. The van der Waals surface area contributed by atoms with Crippen LogP contribution in [-0.2, 0) is 4.74 Å². The Labute approximate surface area is 159 Å². The lowest BCUT2D eigenvalue weighted by Crippen LogP contribution is -2.37. The summed E-state index contributed by atoms with van der Waals surface area (Å²) in [5.41, 5.74) is 3.43. The van der Waals surface area contributed by atoms with Crippen LogP contribution in [0.1, 0.15) is 36.8 Å². The van der Waals surface area contributed by atoms with Crippen molar-refractivity contribution in [2.45, 2.75) is 46.0 Å². The van der Waals surface area contributed by atoms with Gasteiger partial charge < -0.3 is 9.72 Å². The molecule has 142 valence electrons. The van der Waals surface area contributed by atoms with Crippen LogP contribution in [0.15, 0.2) is 29.1 Å². The number of nitrogens with one attached hydrogen (secondary N) is 2. The van der Waals surface area contributed by atoms with Gasteiger partial charge in [0.2, 0.25) is 0 Å². The first-order valence-corrected chi connectivity index (χ1v) is 12.1. The summed E-state index contributed by atoms with van der Waals surface area (Å²) in [5.74, 6) is 2.38. The number of aromatic nitrogens is 1. The van der Waals surface area contributed by atoms with Crippen molar-refractivity contribution >= 4 is 31.0 Å². The second kappa shape index (κ2) is 7.41. The molecule has 0 saturated carbocycles. The quantitative estimate of drug-likeness (QED) is 0.582. The molecular weight excluding hydrogens is 360 g/mol. The summed E-state index contributed by atoms with van der Waals surface area (Å²) in [7, 11) is -1.52. The fourth-order valence-corrected chi connectivity index (χ4v) is 2.69. The number of carbonyl (C=O) groups is 2. The van der Waals surface area contributed by atoms with E-state index in [0.29, 0.717) is 10.9 Å². The van der Waals surface area contributed by atoms with E-state index in [0.717, 1.165) is 11.6 Å². The van der Waals surface area contributed by atoms with Gasteiger partial charge in [-0.25, -0.2) is 4.79 Å². The fraction of sp³-hybridized carbons (Fsp3) is 0.350. The zero-order valence-corrected chi connectivity index (χ0v) is 17.4. The number of ether oxygens (including phenoxy) is 1. The second-order valence-corrected chi connectivity index (χ2v) is 13.0. The van der Waals surface area contributed by atoms with Crippen LogP contribution in [0.4, 0.5) is 4.79 Å². The van der Waals surface area contributed by atoms with Gasteiger partial charge >= 0.3 is 6.09 Å². The van der Waals surface area contributed by atoms with E-state index >= 15 is 0 Å². The molecule has 7 heteroatoms. The van der Waals surface area contributed by atoms with Crippen LogP contribution in [0.3, 0.4) is 0 Å². The normalized spacial score (nSPS) is 11.5. The number of imide groups is 1. The summed E-state index contributed by atoms with van der Waals surface area (Å²) >= 11 is 0. The van der Waals surface area contributed by atoms with E-state index in [1.807, 2.05) is 0 Å². The third kappa shape index (κ3) is 6.11. The minimum atomic E-state index is -1.52. The minimum absolute atomic E-state index is 0.0145. The summed E-state index contributed by atoms with van der Waals surface area (Å²) in [5, 5.41) is 2.54. The van der Waals surface area contributed by atoms with Crippen LogP contribution in [0.2, 0.25) is 19.6 Å². The van der Waals surface area contributed by atoms with Gasteiger partial charge in [0.25, 0.3) is 5.91 Å². The Kier molecular flexibility index (Phi) is 5.61. The summed E-state index contributed by atoms with van der Waals surface area (Å²) in [6.07, 6.45) is -0.870. The van der Waals surface area contributed by atoms with Gasteiger partial charge in [0.15, 0.2) is 5.43 Å². The summed E-state index contributed by atoms with van der Waals surface area (Å²) in [6.45, 7) is 11.5. The summed E-state index contributed by atoms with van der Waals surface area (Å²) in [6, 6.07) is 6.37. The number of aromatic amines is 1. The predicted octanol–water partition coefficient (Wildman–Crippen LogP) is 3.42. The van der Waals surface area contributed by atoms with Gasteiger partial charge in [-0.05, 0) is 39.0 Å². The maximum absolute atomic E-state index is 12.4. The van der Waals surface area contributed by atoms with Gasteiger partial charge in [-0.1, -0.05) is 25.6 Å². The summed E-state index contributed by atoms with van der Waals surface area (Å²) < 4.78 is 5.04. The standard InChI is InChI=1S/C20H24N2O4Si/c1-20(2,3)26-19(25)22-18(24)16-12-17(23)14-11-13(7-8-15(14)21-16)9-10-27(4,5)6/h7-8,11-12H,1-6H3,(H,21,23)(H,22,24,25). The molecule has 0 bridgehead atoms. The van der Waals surface area contributed by atoms with Crippen LogP contribution in [-0.4, -0.2) is 30.7 Å². The largest absolute Gasteiger partial charge is 0.444 e. The molecule has 0 aliphatic carbocycles. The molecule has 27 heavy (non-hydrogen) atoms. The number of benzene rings is 1. The second-order valence-electron chi connectivity index (χ2n) is 8.26. The number of hydrogen-bond donors (Lipinski definition) is 2. The third-order valence-electron chi connectivity index (χ3n) is 3.27. The highest BCUT2D eigenvalue weighted by atomic mass is 28.3. The van der Waals surface area contributed by atoms with Crippen LogP contribution < -0.4 is 10.7 Å². The van der Waals surface area contributed by atoms with E-state index < -0.39 is 25.7 Å². The Morgan fingerprint density at radius 3 is 2.41 bits per heavy atom. The molecule has 1 aromatic carbocycles. The molecule has 0 fully saturated rings. The average molecular weight is 385 g/mol. The SMILES string of the molecule is CC(C)(C)OC(=O)NC(=O)c1cc(=O)c2cc(C#C[Si](C)(C)C)ccc2[nH]1. The van der Waals surface area contributed by atoms with Crippen molar-refractivity contribution < 1.29 is 14.3 Å². The van der Waals surface area contributed by atoms with E-state index in [1.165, 1.54) is 0 Å². The number of pyridine rings is 1. The number of amides is 2. The Morgan fingerprint density at radius 1 is 1.15 bits per heavy atom. The highest BCUT2D eigenvalue weighted by Gasteiger charge is 2.19. The molecule has 0 saturated heterocycles. The lowest BCUT2D eigenvalue weighted by atomic mass is 10.1. The number of rotatable bonds is 1. The summed E-state index contributed by atoms with van der Waals surface area (Å²) in [4.78, 5) is 39.2. The van der Waals surface area contributed by atoms with Gasteiger partial charge in [-0.15, -0.1) is 5.54 Å². The number of fused-ring (bicyclic) bond motifs is 1. The van der Waals surface area contributed by atoms with E-state index in [1.54, 1.807) is 39.0 Å². The molecule has 1 aromatic heterocycles. The average Bonchev–Trinajstić information content (AvgIpc) is 2.50. The monoisotopic (exact) mass is 384 g/mol. The maximum Gasteiger partial charge on any atom is 0.414 e. The lowest BCUT2D eigenvalue weighted by molar-refractivity contribution is 0.0507. The van der Waals surface area contributed by atoms with Crippen LogP contribution >= 0.6 is 0 Å². The minimum Gasteiger partial charge on any atom is -0.444 e. The highest BCUT2D eigenvalue weighted by molar-refractivity contribution is 6.83. The maximum atomic E-state index is 12.4. The van der Waals surface area contributed by atoms with Crippen molar-refractivity contribution in [1.82, 2.24) is 10.3 Å². The van der Waals surface area contributed by atoms with Gasteiger partial charge in [-0.2, -0.15) is 0 Å².